The van der Waals surface area contributed by atoms with E-state index in [9.17, 15) is 9.59 Å². The number of piperidine rings is 3. The predicted octanol–water partition coefficient (Wildman–Crippen LogP) is 0.770. The molecule has 2 atom stereocenters. The van der Waals surface area contributed by atoms with Crippen molar-refractivity contribution in [1.82, 2.24) is 4.90 Å². The Bertz CT molecular complexity index is 666. The Morgan fingerprint density at radius 2 is 1.91 bits per heavy atom. The summed E-state index contributed by atoms with van der Waals surface area (Å²) < 4.78 is 0. The lowest BCUT2D eigenvalue weighted by Gasteiger charge is -2.51. The summed E-state index contributed by atoms with van der Waals surface area (Å²) in [7, 11) is 2.00. The molecule has 0 aromatic heterocycles. The van der Waals surface area contributed by atoms with E-state index >= 15 is 0 Å². The minimum absolute atomic E-state index is 0.177. The molecule has 1 aromatic rings. The number of anilines is 1. The number of carbonyl (C=O) groups is 2. The average molecular weight is 313 g/mol. The molecule has 4 aliphatic rings. The number of primary amides is 1. The first kappa shape index (κ1) is 14.7. The SMILES string of the molecule is CN1C[C@@](C(=O)C(N)=O)(C2CN3CCC2CC3)c2ccccc21. The van der Waals surface area contributed by atoms with Gasteiger partial charge >= 0.3 is 0 Å². The van der Waals surface area contributed by atoms with Crippen LogP contribution in [0.4, 0.5) is 5.69 Å². The van der Waals surface area contributed by atoms with Gasteiger partial charge in [0.15, 0.2) is 0 Å². The minimum atomic E-state index is -0.799. The topological polar surface area (TPSA) is 66.6 Å². The number of hydrogen-bond acceptors (Lipinski definition) is 4. The van der Waals surface area contributed by atoms with E-state index in [0.717, 1.165) is 43.7 Å². The quantitative estimate of drug-likeness (QED) is 0.837. The fourth-order valence-corrected chi connectivity index (χ4v) is 5.15. The van der Waals surface area contributed by atoms with Gasteiger partial charge in [-0.25, -0.2) is 0 Å². The number of hydrogen-bond donors (Lipinski definition) is 1. The number of Topliss-reactive ketones (excluding diaryl/α,β-unsaturated/α-hetero) is 1. The summed E-state index contributed by atoms with van der Waals surface area (Å²) in [6.07, 6.45) is 2.23. The van der Waals surface area contributed by atoms with Crippen LogP contribution in [0.2, 0.25) is 0 Å². The largest absolute Gasteiger partial charge is 0.373 e. The Morgan fingerprint density at radius 1 is 1.22 bits per heavy atom. The van der Waals surface area contributed by atoms with Crippen molar-refractivity contribution >= 4 is 17.4 Å². The molecule has 23 heavy (non-hydrogen) atoms. The van der Waals surface area contributed by atoms with Crippen LogP contribution in [0.3, 0.4) is 0 Å². The molecule has 4 aliphatic heterocycles. The van der Waals surface area contributed by atoms with E-state index in [-0.39, 0.29) is 5.92 Å². The molecule has 5 heteroatoms. The van der Waals surface area contributed by atoms with Gasteiger partial charge < -0.3 is 15.5 Å². The number of rotatable bonds is 3. The fraction of sp³-hybridized carbons (Fsp3) is 0.556. The normalized spacial score (nSPS) is 35.2. The molecule has 1 amide bonds. The van der Waals surface area contributed by atoms with Crippen LogP contribution >= 0.6 is 0 Å². The predicted molar refractivity (Wildman–Crippen MR) is 88.2 cm³/mol. The van der Waals surface area contributed by atoms with Gasteiger partial charge in [-0.15, -0.1) is 0 Å². The van der Waals surface area contributed by atoms with Crippen LogP contribution in [0.15, 0.2) is 24.3 Å². The lowest BCUT2D eigenvalue weighted by Crippen LogP contribution is -2.60. The Kier molecular flexibility index (Phi) is 3.23. The van der Waals surface area contributed by atoms with Gasteiger partial charge in [-0.1, -0.05) is 18.2 Å². The van der Waals surface area contributed by atoms with Crippen molar-refractivity contribution in [2.45, 2.75) is 18.3 Å². The van der Waals surface area contributed by atoms with Gasteiger partial charge in [0.05, 0.1) is 5.41 Å². The molecule has 0 spiro atoms. The Balaban J connectivity index is 1.87. The molecule has 1 aromatic carbocycles. The highest BCUT2D eigenvalue weighted by atomic mass is 16.2. The van der Waals surface area contributed by atoms with E-state index in [4.69, 9.17) is 5.73 Å². The maximum Gasteiger partial charge on any atom is 0.285 e. The van der Waals surface area contributed by atoms with E-state index in [2.05, 4.69) is 9.80 Å². The van der Waals surface area contributed by atoms with Gasteiger partial charge in [0.2, 0.25) is 5.78 Å². The monoisotopic (exact) mass is 313 g/mol. The molecule has 0 aliphatic carbocycles. The van der Waals surface area contributed by atoms with Crippen molar-refractivity contribution in [3.63, 3.8) is 0 Å². The van der Waals surface area contributed by atoms with Crippen LogP contribution in [0.1, 0.15) is 18.4 Å². The summed E-state index contributed by atoms with van der Waals surface area (Å²) in [5.74, 6) is -0.529. The number of benzene rings is 1. The molecule has 1 unspecified atom stereocenters. The summed E-state index contributed by atoms with van der Waals surface area (Å²) in [4.78, 5) is 29.5. The third-order valence-corrected chi connectivity index (χ3v) is 6.20. The average Bonchev–Trinajstić information content (AvgIpc) is 2.89. The third-order valence-electron chi connectivity index (χ3n) is 6.20. The van der Waals surface area contributed by atoms with Crippen molar-refractivity contribution in [2.24, 2.45) is 17.6 Å². The van der Waals surface area contributed by atoms with Crippen molar-refractivity contribution in [3.8, 4) is 0 Å². The van der Waals surface area contributed by atoms with Crippen molar-refractivity contribution in [2.75, 3.05) is 38.1 Å². The number of nitrogens with zero attached hydrogens (tertiary/aromatic N) is 2. The first-order chi connectivity index (χ1) is 11.0. The Morgan fingerprint density at radius 3 is 2.52 bits per heavy atom. The Labute approximate surface area is 136 Å². The van der Waals surface area contributed by atoms with Gasteiger partial charge in [0.25, 0.3) is 5.91 Å². The highest BCUT2D eigenvalue weighted by molar-refractivity contribution is 6.39. The molecule has 3 fully saturated rings. The number of ketones is 1. The second-order valence-corrected chi connectivity index (χ2v) is 7.28. The lowest BCUT2D eigenvalue weighted by molar-refractivity contribution is -0.142. The molecular formula is C18H23N3O2. The van der Waals surface area contributed by atoms with E-state index in [1.54, 1.807) is 0 Å². The maximum atomic E-state index is 13.0. The highest BCUT2D eigenvalue weighted by Gasteiger charge is 2.58. The van der Waals surface area contributed by atoms with Gasteiger partial charge in [0, 0.05) is 25.8 Å². The van der Waals surface area contributed by atoms with E-state index < -0.39 is 17.1 Å². The molecule has 2 bridgehead atoms. The molecule has 4 heterocycles. The highest BCUT2D eigenvalue weighted by Crippen LogP contribution is 2.51. The first-order valence-electron chi connectivity index (χ1n) is 8.41. The summed E-state index contributed by atoms with van der Waals surface area (Å²) in [6.45, 7) is 3.67. The molecule has 0 saturated carbocycles. The number of nitrogens with two attached hydrogens (primary N) is 1. The smallest absolute Gasteiger partial charge is 0.285 e. The number of para-hydroxylation sites is 1. The number of fused-ring (bicyclic) bond motifs is 4. The van der Waals surface area contributed by atoms with E-state index in [1.165, 1.54) is 0 Å². The summed E-state index contributed by atoms with van der Waals surface area (Å²) in [6, 6.07) is 7.99. The molecular weight excluding hydrogens is 290 g/mol. The molecule has 3 saturated heterocycles. The van der Waals surface area contributed by atoms with Crippen LogP contribution in [0.5, 0.6) is 0 Å². The van der Waals surface area contributed by atoms with Gasteiger partial charge in [0.1, 0.15) is 0 Å². The van der Waals surface area contributed by atoms with Crippen LogP contribution in [-0.4, -0.2) is 49.8 Å². The van der Waals surface area contributed by atoms with E-state index in [1.807, 2.05) is 31.3 Å². The van der Waals surface area contributed by atoms with Crippen molar-refractivity contribution < 1.29 is 9.59 Å². The van der Waals surface area contributed by atoms with Crippen LogP contribution in [-0.2, 0) is 15.0 Å². The molecule has 5 rings (SSSR count). The van der Waals surface area contributed by atoms with Crippen LogP contribution in [0, 0.1) is 11.8 Å². The standard InChI is InChI=1S/C18H23N3O2/c1-20-11-18(16(22)17(19)23,13-4-2-3-5-15(13)20)14-10-21-8-6-12(14)7-9-21/h2-5,12,14H,6-11H2,1H3,(H2,19,23)/t14?,18-/m0/s1. The number of carbonyl (C=O) groups excluding carboxylic acids is 2. The Hall–Kier alpha value is -1.88. The summed E-state index contributed by atoms with van der Waals surface area (Å²) in [5.41, 5.74) is 6.76. The molecule has 5 nitrogen and oxygen atoms in total. The fourth-order valence-electron chi connectivity index (χ4n) is 5.15. The van der Waals surface area contributed by atoms with Gasteiger partial charge in [-0.05, 0) is 49.4 Å². The van der Waals surface area contributed by atoms with Crippen LogP contribution < -0.4 is 10.6 Å². The first-order valence-corrected chi connectivity index (χ1v) is 8.41. The lowest BCUT2D eigenvalue weighted by atomic mass is 9.60. The van der Waals surface area contributed by atoms with E-state index in [0.29, 0.717) is 12.5 Å². The van der Waals surface area contributed by atoms with Crippen molar-refractivity contribution in [3.05, 3.63) is 29.8 Å². The van der Waals surface area contributed by atoms with Gasteiger partial charge in [-0.3, -0.25) is 9.59 Å². The molecule has 122 valence electrons. The second-order valence-electron chi connectivity index (χ2n) is 7.28. The summed E-state index contributed by atoms with van der Waals surface area (Å²) in [5, 5.41) is 0. The third kappa shape index (κ3) is 1.96. The molecule has 0 radical (unpaired) electrons. The maximum absolute atomic E-state index is 13.0. The zero-order valence-corrected chi connectivity index (χ0v) is 13.5. The number of likely N-dealkylation sites (N-methyl/N-ethyl adjacent to an activating group) is 1. The van der Waals surface area contributed by atoms with Crippen molar-refractivity contribution in [1.29, 1.82) is 0 Å². The second kappa shape index (κ2) is 5.06. The molecule has 2 N–H and O–H groups in total. The number of amides is 1. The zero-order valence-electron chi connectivity index (χ0n) is 13.5. The van der Waals surface area contributed by atoms with Gasteiger partial charge in [-0.2, -0.15) is 0 Å². The minimum Gasteiger partial charge on any atom is -0.373 e. The van der Waals surface area contributed by atoms with Crippen LogP contribution in [0.25, 0.3) is 0 Å². The zero-order chi connectivity index (χ0) is 16.2. The summed E-state index contributed by atoms with van der Waals surface area (Å²) >= 11 is 0.